The summed E-state index contributed by atoms with van der Waals surface area (Å²) in [5.74, 6) is 0.0651. The first-order valence-corrected chi connectivity index (χ1v) is 6.49. The Morgan fingerprint density at radius 1 is 1.37 bits per heavy atom. The molecule has 0 radical (unpaired) electrons. The minimum absolute atomic E-state index is 0.181. The summed E-state index contributed by atoms with van der Waals surface area (Å²) < 4.78 is 15.3. The Morgan fingerprint density at radius 2 is 2.16 bits per heavy atom. The number of halogens is 1. The van der Waals surface area contributed by atoms with Crippen LogP contribution in [-0.4, -0.2) is 23.4 Å². The van der Waals surface area contributed by atoms with Crippen LogP contribution in [0.3, 0.4) is 0 Å². The van der Waals surface area contributed by atoms with E-state index in [1.165, 1.54) is 11.8 Å². The van der Waals surface area contributed by atoms with Crippen LogP contribution < -0.4 is 5.32 Å². The quantitative estimate of drug-likeness (QED) is 0.895. The van der Waals surface area contributed by atoms with Crippen LogP contribution in [0.15, 0.2) is 30.3 Å². The molecule has 1 atom stereocenters. The number of aryl methyl sites for hydroxylation is 2. The van der Waals surface area contributed by atoms with Crippen molar-refractivity contribution in [3.05, 3.63) is 53.1 Å². The van der Waals surface area contributed by atoms with Crippen LogP contribution >= 0.6 is 0 Å². The lowest BCUT2D eigenvalue weighted by Crippen LogP contribution is -2.20. The zero-order valence-corrected chi connectivity index (χ0v) is 11.7. The number of hydrogen-bond acceptors (Lipinski definition) is 2. The van der Waals surface area contributed by atoms with Crippen LogP contribution in [0.4, 0.5) is 4.39 Å². The highest BCUT2D eigenvalue weighted by Gasteiger charge is 2.15. The topological polar surface area (TPSA) is 29.9 Å². The lowest BCUT2D eigenvalue weighted by atomic mass is 9.94. The summed E-state index contributed by atoms with van der Waals surface area (Å²) in [7, 11) is 3.87. The van der Waals surface area contributed by atoms with Crippen molar-refractivity contribution < 1.29 is 4.39 Å². The summed E-state index contributed by atoms with van der Waals surface area (Å²) in [5, 5.41) is 7.54. The van der Waals surface area contributed by atoms with E-state index in [9.17, 15) is 4.39 Å². The van der Waals surface area contributed by atoms with Crippen molar-refractivity contribution in [3.63, 3.8) is 0 Å². The molecule has 1 aromatic carbocycles. The van der Waals surface area contributed by atoms with E-state index in [0.717, 1.165) is 24.2 Å². The molecule has 0 saturated heterocycles. The largest absolute Gasteiger partial charge is 0.319 e. The van der Waals surface area contributed by atoms with E-state index in [2.05, 4.69) is 16.5 Å². The number of rotatable bonds is 5. The van der Waals surface area contributed by atoms with Crippen molar-refractivity contribution in [2.75, 3.05) is 13.6 Å². The molecule has 1 heterocycles. The molecule has 0 aliphatic carbocycles. The lowest BCUT2D eigenvalue weighted by molar-refractivity contribution is 0.580. The first-order chi connectivity index (χ1) is 9.10. The van der Waals surface area contributed by atoms with Gasteiger partial charge >= 0.3 is 0 Å². The maximum Gasteiger partial charge on any atom is 0.123 e. The summed E-state index contributed by atoms with van der Waals surface area (Å²) in [6.07, 6.45) is 0.849. The van der Waals surface area contributed by atoms with Crippen molar-refractivity contribution in [2.45, 2.75) is 19.3 Å². The van der Waals surface area contributed by atoms with Crippen molar-refractivity contribution >= 4 is 0 Å². The molecule has 3 nitrogen and oxygen atoms in total. The maximum atomic E-state index is 13.4. The van der Waals surface area contributed by atoms with Crippen molar-refractivity contribution in [3.8, 4) is 0 Å². The van der Waals surface area contributed by atoms with Gasteiger partial charge in [-0.25, -0.2) is 4.39 Å². The summed E-state index contributed by atoms with van der Waals surface area (Å²) in [6.45, 7) is 2.80. The summed E-state index contributed by atoms with van der Waals surface area (Å²) in [6, 6.07) is 8.93. The van der Waals surface area contributed by atoms with Gasteiger partial charge in [0.15, 0.2) is 0 Å². The smallest absolute Gasteiger partial charge is 0.123 e. The molecular formula is C15H20FN3. The molecule has 4 heteroatoms. The van der Waals surface area contributed by atoms with E-state index in [-0.39, 0.29) is 11.7 Å². The van der Waals surface area contributed by atoms with Gasteiger partial charge in [-0.05, 0) is 44.2 Å². The first-order valence-electron chi connectivity index (χ1n) is 6.49. The van der Waals surface area contributed by atoms with E-state index in [4.69, 9.17) is 0 Å². The van der Waals surface area contributed by atoms with E-state index >= 15 is 0 Å². The van der Waals surface area contributed by atoms with Crippen molar-refractivity contribution in [1.82, 2.24) is 15.1 Å². The Labute approximate surface area is 113 Å². The zero-order valence-electron chi connectivity index (χ0n) is 11.7. The second-order valence-electron chi connectivity index (χ2n) is 4.91. The first kappa shape index (κ1) is 13.7. The van der Waals surface area contributed by atoms with Gasteiger partial charge in [-0.1, -0.05) is 12.1 Å². The van der Waals surface area contributed by atoms with Crippen LogP contribution in [0.25, 0.3) is 0 Å². The van der Waals surface area contributed by atoms with E-state index in [1.807, 2.05) is 31.8 Å². The monoisotopic (exact) mass is 261 g/mol. The minimum Gasteiger partial charge on any atom is -0.319 e. The Morgan fingerprint density at radius 3 is 2.74 bits per heavy atom. The Balaban J connectivity index is 2.23. The second kappa shape index (κ2) is 5.97. The van der Waals surface area contributed by atoms with Crippen LogP contribution in [0.1, 0.15) is 22.9 Å². The summed E-state index contributed by atoms with van der Waals surface area (Å²) >= 11 is 0. The molecule has 0 amide bonds. The van der Waals surface area contributed by atoms with Crippen molar-refractivity contribution in [2.24, 2.45) is 7.05 Å². The predicted octanol–water partition coefficient (Wildman–Crippen LogP) is 2.41. The van der Waals surface area contributed by atoms with Gasteiger partial charge in [-0.2, -0.15) is 5.10 Å². The SMILES string of the molecule is CNCC(Cc1cc(C)nn1C)c1cccc(F)c1. The molecule has 1 unspecified atom stereocenters. The van der Waals surface area contributed by atoms with E-state index in [1.54, 1.807) is 12.1 Å². The van der Waals surface area contributed by atoms with Crippen LogP contribution in [0.2, 0.25) is 0 Å². The average Bonchev–Trinajstić information content (AvgIpc) is 2.67. The standard InChI is InChI=1S/C15H20FN3/c1-11-7-15(19(3)18-11)9-13(10-17-2)12-5-4-6-14(16)8-12/h4-8,13,17H,9-10H2,1-3H3. The molecule has 19 heavy (non-hydrogen) atoms. The molecule has 0 bridgehead atoms. The number of aromatic nitrogens is 2. The van der Waals surface area contributed by atoms with E-state index < -0.39 is 0 Å². The second-order valence-corrected chi connectivity index (χ2v) is 4.91. The highest BCUT2D eigenvalue weighted by atomic mass is 19.1. The summed E-state index contributed by atoms with van der Waals surface area (Å²) in [4.78, 5) is 0. The molecule has 1 N–H and O–H groups in total. The number of benzene rings is 1. The molecular weight excluding hydrogens is 241 g/mol. The molecule has 0 spiro atoms. The molecule has 1 aromatic heterocycles. The lowest BCUT2D eigenvalue weighted by Gasteiger charge is -2.17. The van der Waals surface area contributed by atoms with Gasteiger partial charge in [-0.15, -0.1) is 0 Å². The Hall–Kier alpha value is -1.68. The zero-order chi connectivity index (χ0) is 13.8. The van der Waals surface area contributed by atoms with Crippen LogP contribution in [0, 0.1) is 12.7 Å². The van der Waals surface area contributed by atoms with Gasteiger partial charge < -0.3 is 5.32 Å². The molecule has 102 valence electrons. The molecule has 0 aliphatic heterocycles. The minimum atomic E-state index is -0.181. The fraction of sp³-hybridized carbons (Fsp3) is 0.400. The number of likely N-dealkylation sites (N-methyl/N-ethyl adjacent to an activating group) is 1. The highest BCUT2D eigenvalue weighted by molar-refractivity contribution is 5.23. The van der Waals surface area contributed by atoms with Gasteiger partial charge in [-0.3, -0.25) is 4.68 Å². The fourth-order valence-corrected chi connectivity index (χ4v) is 2.42. The molecule has 0 aliphatic rings. The van der Waals surface area contributed by atoms with Gasteiger partial charge in [0, 0.05) is 25.2 Å². The van der Waals surface area contributed by atoms with Crippen LogP contribution in [-0.2, 0) is 13.5 Å². The fourth-order valence-electron chi connectivity index (χ4n) is 2.42. The van der Waals surface area contributed by atoms with Crippen LogP contribution in [0.5, 0.6) is 0 Å². The van der Waals surface area contributed by atoms with Gasteiger partial charge in [0.25, 0.3) is 0 Å². The third-order valence-electron chi connectivity index (χ3n) is 3.33. The third-order valence-corrected chi connectivity index (χ3v) is 3.33. The predicted molar refractivity (Wildman–Crippen MR) is 74.7 cm³/mol. The Kier molecular flexibility index (Phi) is 4.32. The summed E-state index contributed by atoms with van der Waals surface area (Å²) in [5.41, 5.74) is 3.20. The number of hydrogen-bond donors (Lipinski definition) is 1. The highest BCUT2D eigenvalue weighted by Crippen LogP contribution is 2.21. The number of nitrogens with one attached hydrogen (secondary N) is 1. The van der Waals surface area contributed by atoms with Gasteiger partial charge in [0.05, 0.1) is 5.69 Å². The molecule has 2 aromatic rings. The maximum absolute atomic E-state index is 13.4. The molecule has 0 fully saturated rings. The van der Waals surface area contributed by atoms with E-state index in [0.29, 0.717) is 0 Å². The molecule has 2 rings (SSSR count). The third kappa shape index (κ3) is 3.41. The average molecular weight is 261 g/mol. The number of nitrogens with zero attached hydrogens (tertiary/aromatic N) is 2. The van der Waals surface area contributed by atoms with Crippen molar-refractivity contribution in [1.29, 1.82) is 0 Å². The normalized spacial score (nSPS) is 12.6. The van der Waals surface area contributed by atoms with Gasteiger partial charge in [0.1, 0.15) is 5.82 Å². The Bertz CT molecular complexity index is 548. The van der Waals surface area contributed by atoms with Gasteiger partial charge in [0.2, 0.25) is 0 Å². The molecule has 0 saturated carbocycles.